The third-order valence-corrected chi connectivity index (χ3v) is 5.70. The van der Waals surface area contributed by atoms with Gasteiger partial charge in [-0.2, -0.15) is 0 Å². The minimum absolute atomic E-state index is 0.0168. The summed E-state index contributed by atoms with van der Waals surface area (Å²) >= 11 is 0. The number of aromatic carboxylic acids is 1. The smallest absolute Gasteiger partial charge is 0.335 e. The highest BCUT2D eigenvalue weighted by atomic mass is 32.2. The predicted molar refractivity (Wildman–Crippen MR) is 78.4 cm³/mol. The van der Waals surface area contributed by atoms with Crippen molar-refractivity contribution in [2.45, 2.75) is 25.1 Å². The van der Waals surface area contributed by atoms with Crippen LogP contribution in [0.15, 0.2) is 23.0 Å². The molecule has 114 valence electrons. The van der Waals surface area contributed by atoms with Gasteiger partial charge in [-0.3, -0.25) is 4.57 Å². The topological polar surface area (TPSA) is 109 Å². The first-order valence-electron chi connectivity index (χ1n) is 6.18. The Hall–Kier alpha value is -2.09. The van der Waals surface area contributed by atoms with Crippen molar-refractivity contribution in [1.29, 1.82) is 0 Å². The van der Waals surface area contributed by atoms with Gasteiger partial charge < -0.3 is 10.1 Å². The van der Waals surface area contributed by atoms with Gasteiger partial charge in [0.15, 0.2) is 9.84 Å². The number of fused-ring (bicyclic) bond motifs is 1. The van der Waals surface area contributed by atoms with Gasteiger partial charge in [-0.1, -0.05) is 0 Å². The molecule has 7 nitrogen and oxygen atoms in total. The average molecular weight is 312 g/mol. The molecule has 1 heterocycles. The number of H-pyrrole nitrogens is 1. The molecule has 1 aromatic heterocycles. The van der Waals surface area contributed by atoms with E-state index < -0.39 is 26.2 Å². The number of sulfone groups is 1. The first-order valence-corrected chi connectivity index (χ1v) is 8.07. The third-order valence-electron chi connectivity index (χ3n) is 3.56. The number of aromatic amines is 1. The number of carboxylic acids is 1. The number of carbonyl (C=O) groups is 1. The van der Waals surface area contributed by atoms with E-state index in [2.05, 4.69) is 4.98 Å². The third kappa shape index (κ3) is 2.71. The van der Waals surface area contributed by atoms with Gasteiger partial charge in [-0.15, -0.1) is 0 Å². The Morgan fingerprint density at radius 2 is 2.00 bits per heavy atom. The van der Waals surface area contributed by atoms with E-state index in [1.54, 1.807) is 13.8 Å². The van der Waals surface area contributed by atoms with E-state index in [0.717, 1.165) is 6.26 Å². The summed E-state index contributed by atoms with van der Waals surface area (Å²) in [6.45, 7) is 3.07. The van der Waals surface area contributed by atoms with E-state index in [4.69, 9.17) is 5.11 Å². The summed E-state index contributed by atoms with van der Waals surface area (Å²) in [6, 6.07) is 4.22. The van der Waals surface area contributed by atoms with Crippen LogP contribution >= 0.6 is 0 Å². The molecule has 2 N–H and O–H groups in total. The monoisotopic (exact) mass is 312 g/mol. The number of carboxylic acid groups (broad SMARTS) is 1. The quantitative estimate of drug-likeness (QED) is 0.870. The molecule has 2 rings (SSSR count). The second-order valence-electron chi connectivity index (χ2n) is 5.59. The first kappa shape index (κ1) is 15.3. The predicted octanol–water partition coefficient (Wildman–Crippen LogP) is 0.851. The van der Waals surface area contributed by atoms with Crippen molar-refractivity contribution < 1.29 is 18.3 Å². The average Bonchev–Trinajstić information content (AvgIpc) is 2.63. The molecule has 1 aromatic carbocycles. The molecule has 0 spiro atoms. The van der Waals surface area contributed by atoms with Crippen LogP contribution in [0.3, 0.4) is 0 Å². The highest BCUT2D eigenvalue weighted by Gasteiger charge is 2.31. The summed E-state index contributed by atoms with van der Waals surface area (Å²) in [5, 5.41) is 8.94. The van der Waals surface area contributed by atoms with Crippen molar-refractivity contribution in [3.8, 4) is 0 Å². The van der Waals surface area contributed by atoms with Crippen molar-refractivity contribution >= 4 is 26.8 Å². The Morgan fingerprint density at radius 3 is 2.52 bits per heavy atom. The van der Waals surface area contributed by atoms with Crippen LogP contribution in [0.25, 0.3) is 11.0 Å². The fraction of sp³-hybridized carbons (Fsp3) is 0.385. The second kappa shape index (κ2) is 4.73. The van der Waals surface area contributed by atoms with Crippen molar-refractivity contribution in [2.75, 3.05) is 6.26 Å². The molecule has 0 saturated heterocycles. The summed E-state index contributed by atoms with van der Waals surface area (Å²) in [5.41, 5.74) is 0.425. The number of aromatic nitrogens is 2. The Kier molecular flexibility index (Phi) is 3.45. The van der Waals surface area contributed by atoms with Crippen molar-refractivity contribution in [2.24, 2.45) is 0 Å². The molecule has 21 heavy (non-hydrogen) atoms. The first-order chi connectivity index (χ1) is 9.53. The summed E-state index contributed by atoms with van der Waals surface area (Å²) in [6.07, 6.45) is 1.12. The van der Waals surface area contributed by atoms with Gasteiger partial charge in [0.1, 0.15) is 0 Å². The molecule has 0 unspecified atom stereocenters. The Labute approximate surface area is 121 Å². The SMILES string of the molecule is CC(C)(Cn1c(=O)[nH]c2cc(C(=O)O)ccc21)S(C)(=O)=O. The molecule has 2 aromatic rings. The van der Waals surface area contributed by atoms with E-state index in [0.29, 0.717) is 11.0 Å². The Bertz CT molecular complexity index is 874. The normalized spacial score (nSPS) is 12.7. The van der Waals surface area contributed by atoms with E-state index >= 15 is 0 Å². The molecule has 0 atom stereocenters. The fourth-order valence-electron chi connectivity index (χ4n) is 1.95. The largest absolute Gasteiger partial charge is 0.478 e. The molecular formula is C13H16N2O5S. The minimum Gasteiger partial charge on any atom is -0.478 e. The number of imidazole rings is 1. The highest BCUT2D eigenvalue weighted by Crippen LogP contribution is 2.20. The molecule has 0 fully saturated rings. The summed E-state index contributed by atoms with van der Waals surface area (Å²) in [7, 11) is -3.35. The zero-order valence-corrected chi connectivity index (χ0v) is 12.7. The van der Waals surface area contributed by atoms with Crippen LogP contribution in [0.2, 0.25) is 0 Å². The minimum atomic E-state index is -3.35. The molecule has 0 bridgehead atoms. The zero-order valence-electron chi connectivity index (χ0n) is 11.9. The number of nitrogens with one attached hydrogen (secondary N) is 1. The summed E-state index contributed by atoms with van der Waals surface area (Å²) < 4.78 is 23.7. The maximum atomic E-state index is 12.0. The fourth-order valence-corrected chi connectivity index (χ4v) is 2.32. The van der Waals surface area contributed by atoms with Crippen LogP contribution in [0.4, 0.5) is 0 Å². The van der Waals surface area contributed by atoms with E-state index in [1.807, 2.05) is 0 Å². The molecule has 0 amide bonds. The van der Waals surface area contributed by atoms with Crippen LogP contribution in [0.1, 0.15) is 24.2 Å². The maximum absolute atomic E-state index is 12.0. The number of rotatable bonds is 4. The lowest BCUT2D eigenvalue weighted by molar-refractivity contribution is 0.0697. The number of benzene rings is 1. The van der Waals surface area contributed by atoms with Crippen LogP contribution in [0, 0.1) is 0 Å². The molecule has 0 radical (unpaired) electrons. The molecule has 0 aliphatic carbocycles. The lowest BCUT2D eigenvalue weighted by Gasteiger charge is -2.22. The molecular weight excluding hydrogens is 296 g/mol. The lowest BCUT2D eigenvalue weighted by Crippen LogP contribution is -2.38. The number of hydrogen-bond donors (Lipinski definition) is 2. The van der Waals surface area contributed by atoms with Crippen LogP contribution in [-0.4, -0.2) is 40.0 Å². The van der Waals surface area contributed by atoms with Crippen molar-refractivity contribution in [3.63, 3.8) is 0 Å². The molecule has 8 heteroatoms. The van der Waals surface area contributed by atoms with Gasteiger partial charge in [0.05, 0.1) is 21.3 Å². The summed E-state index contributed by atoms with van der Waals surface area (Å²) in [4.78, 5) is 25.5. The Morgan fingerprint density at radius 1 is 1.38 bits per heavy atom. The molecule has 0 aliphatic heterocycles. The van der Waals surface area contributed by atoms with Crippen LogP contribution < -0.4 is 5.69 Å². The van der Waals surface area contributed by atoms with Gasteiger partial charge in [-0.25, -0.2) is 18.0 Å². The van der Waals surface area contributed by atoms with Gasteiger partial charge in [-0.05, 0) is 32.0 Å². The number of nitrogens with zero attached hydrogens (tertiary/aromatic N) is 1. The van der Waals surface area contributed by atoms with E-state index in [1.165, 1.54) is 22.8 Å². The van der Waals surface area contributed by atoms with Gasteiger partial charge in [0.25, 0.3) is 0 Å². The van der Waals surface area contributed by atoms with Gasteiger partial charge >= 0.3 is 11.7 Å². The van der Waals surface area contributed by atoms with Gasteiger partial charge in [0.2, 0.25) is 0 Å². The van der Waals surface area contributed by atoms with E-state index in [-0.39, 0.29) is 12.1 Å². The van der Waals surface area contributed by atoms with Crippen LogP contribution in [0.5, 0.6) is 0 Å². The standard InChI is InChI=1S/C13H16N2O5S/c1-13(2,21(3,19)20)7-15-10-5-4-8(11(16)17)6-9(10)14-12(15)18/h4-6H,7H2,1-3H3,(H,14,18)(H,16,17). The van der Waals surface area contributed by atoms with E-state index in [9.17, 15) is 18.0 Å². The van der Waals surface area contributed by atoms with Crippen molar-refractivity contribution in [3.05, 3.63) is 34.2 Å². The lowest BCUT2D eigenvalue weighted by atomic mass is 10.2. The zero-order chi connectivity index (χ0) is 16.0. The highest BCUT2D eigenvalue weighted by molar-refractivity contribution is 7.92. The Balaban J connectivity index is 2.59. The van der Waals surface area contributed by atoms with Crippen LogP contribution in [-0.2, 0) is 16.4 Å². The van der Waals surface area contributed by atoms with Gasteiger partial charge in [0, 0.05) is 12.8 Å². The second-order valence-corrected chi connectivity index (χ2v) is 8.23. The maximum Gasteiger partial charge on any atom is 0.335 e. The molecule has 0 aliphatic rings. The summed E-state index contributed by atoms with van der Waals surface area (Å²) in [5.74, 6) is -1.10. The van der Waals surface area contributed by atoms with Crippen molar-refractivity contribution in [1.82, 2.24) is 9.55 Å². The number of hydrogen-bond acceptors (Lipinski definition) is 4. The molecule has 0 saturated carbocycles.